The van der Waals surface area contributed by atoms with Crippen molar-refractivity contribution in [1.82, 2.24) is 4.57 Å². The second-order valence-corrected chi connectivity index (χ2v) is 6.17. The normalized spacial score (nSPS) is 11.4. The molecule has 124 valence electrons. The van der Waals surface area contributed by atoms with E-state index >= 15 is 0 Å². The van der Waals surface area contributed by atoms with Crippen molar-refractivity contribution in [3.63, 3.8) is 0 Å². The Morgan fingerprint density at radius 1 is 1.12 bits per heavy atom. The van der Waals surface area contributed by atoms with Gasteiger partial charge in [-0.3, -0.25) is 0 Å². The number of hydrogen-bond donors (Lipinski definition) is 0. The highest BCUT2D eigenvalue weighted by atomic mass is 35.5. The smallest absolute Gasteiger partial charge is 0.131 e. The van der Waals surface area contributed by atoms with E-state index in [1.807, 2.05) is 48.7 Å². The highest BCUT2D eigenvalue weighted by Gasteiger charge is 2.13. The van der Waals surface area contributed by atoms with Gasteiger partial charge in [-0.05, 0) is 49.8 Å². The van der Waals surface area contributed by atoms with Crippen LogP contribution < -0.4 is 0 Å². The summed E-state index contributed by atoms with van der Waals surface area (Å²) in [5.74, 6) is -0.407. The van der Waals surface area contributed by atoms with Gasteiger partial charge in [0.15, 0.2) is 0 Å². The molecular weight excluding hydrogens is 335 g/mol. The third kappa shape index (κ3) is 3.22. The lowest BCUT2D eigenvalue weighted by molar-refractivity contribution is 0.624. The van der Waals surface area contributed by atoms with E-state index in [0.717, 1.165) is 22.6 Å². The molecule has 0 aliphatic rings. The Balaban J connectivity index is 2.14. The van der Waals surface area contributed by atoms with Crippen LogP contribution in [0, 0.1) is 31.0 Å². The first-order valence-corrected chi connectivity index (χ1v) is 8.21. The molecule has 0 spiro atoms. The quantitative estimate of drug-likeness (QED) is 0.536. The second-order valence-electron chi connectivity index (χ2n) is 5.76. The molecule has 0 N–H and O–H groups in total. The zero-order valence-electron chi connectivity index (χ0n) is 13.9. The van der Waals surface area contributed by atoms with Crippen LogP contribution in [0.25, 0.3) is 17.3 Å². The van der Waals surface area contributed by atoms with Crippen LogP contribution in [-0.4, -0.2) is 4.57 Å². The molecule has 3 rings (SSSR count). The minimum atomic E-state index is -0.407. The first kappa shape index (κ1) is 17.0. The number of allylic oxidation sites excluding steroid dienone is 1. The van der Waals surface area contributed by atoms with Crippen LogP contribution in [0.4, 0.5) is 4.39 Å². The number of rotatable bonds is 3. The molecular formula is C21H16ClFN2. The topological polar surface area (TPSA) is 28.7 Å². The zero-order valence-corrected chi connectivity index (χ0v) is 14.7. The predicted molar refractivity (Wildman–Crippen MR) is 100 cm³/mol. The number of nitrogens with zero attached hydrogens (tertiary/aromatic N) is 2. The maximum Gasteiger partial charge on any atom is 0.131 e. The van der Waals surface area contributed by atoms with Gasteiger partial charge in [0, 0.05) is 17.0 Å². The number of hydrogen-bond acceptors (Lipinski definition) is 1. The number of aryl methyl sites for hydroxylation is 1. The van der Waals surface area contributed by atoms with Crippen molar-refractivity contribution < 1.29 is 4.39 Å². The highest BCUT2D eigenvalue weighted by Crippen LogP contribution is 2.29. The SMILES string of the molecule is Cc1cc(C=C(C#N)c2ccccc2F)c(C)n1-c1ccccc1Cl. The van der Waals surface area contributed by atoms with Crippen molar-refractivity contribution in [3.8, 4) is 11.8 Å². The molecule has 2 aromatic carbocycles. The van der Waals surface area contributed by atoms with E-state index < -0.39 is 5.82 Å². The van der Waals surface area contributed by atoms with Crippen LogP contribution in [0.1, 0.15) is 22.5 Å². The standard InChI is InChI=1S/C21H16ClFN2/c1-14-11-16(12-17(13-24)18-7-3-5-9-20(18)23)15(2)25(14)21-10-6-4-8-19(21)22/h3-12H,1-2H3. The molecule has 0 saturated heterocycles. The number of aromatic nitrogens is 1. The Morgan fingerprint density at radius 3 is 2.48 bits per heavy atom. The Hall–Kier alpha value is -2.83. The van der Waals surface area contributed by atoms with Gasteiger partial charge in [0.25, 0.3) is 0 Å². The first-order chi connectivity index (χ1) is 12.0. The van der Waals surface area contributed by atoms with Gasteiger partial charge >= 0.3 is 0 Å². The fourth-order valence-corrected chi connectivity index (χ4v) is 3.16. The second kappa shape index (κ2) is 6.96. The van der Waals surface area contributed by atoms with Crippen molar-refractivity contribution in [2.24, 2.45) is 0 Å². The van der Waals surface area contributed by atoms with Crippen LogP contribution in [0.2, 0.25) is 5.02 Å². The summed E-state index contributed by atoms with van der Waals surface area (Å²) in [5, 5.41) is 10.1. The van der Waals surface area contributed by atoms with E-state index in [-0.39, 0.29) is 5.57 Å². The van der Waals surface area contributed by atoms with Gasteiger partial charge in [-0.15, -0.1) is 0 Å². The van der Waals surface area contributed by atoms with Gasteiger partial charge in [0.05, 0.1) is 22.4 Å². The Kier molecular flexibility index (Phi) is 4.74. The highest BCUT2D eigenvalue weighted by molar-refractivity contribution is 6.32. The third-order valence-electron chi connectivity index (χ3n) is 4.15. The average Bonchev–Trinajstić information content (AvgIpc) is 2.88. The van der Waals surface area contributed by atoms with Gasteiger partial charge in [-0.2, -0.15) is 5.26 Å². The van der Waals surface area contributed by atoms with Gasteiger partial charge < -0.3 is 4.57 Å². The molecule has 1 aromatic heterocycles. The largest absolute Gasteiger partial charge is 0.316 e. The monoisotopic (exact) mass is 350 g/mol. The summed E-state index contributed by atoms with van der Waals surface area (Å²) in [6.45, 7) is 3.93. The van der Waals surface area contributed by atoms with Gasteiger partial charge in [-0.1, -0.05) is 41.9 Å². The van der Waals surface area contributed by atoms with Gasteiger partial charge in [0.1, 0.15) is 5.82 Å². The summed E-state index contributed by atoms with van der Waals surface area (Å²) in [5.41, 5.74) is 4.25. The Bertz CT molecular complexity index is 1010. The van der Waals surface area contributed by atoms with Gasteiger partial charge in [-0.25, -0.2) is 4.39 Å². The molecule has 4 heteroatoms. The van der Waals surface area contributed by atoms with Crippen LogP contribution in [0.3, 0.4) is 0 Å². The zero-order chi connectivity index (χ0) is 18.0. The fraction of sp³-hybridized carbons (Fsp3) is 0.0952. The summed E-state index contributed by atoms with van der Waals surface area (Å²) >= 11 is 6.32. The summed E-state index contributed by atoms with van der Waals surface area (Å²) < 4.78 is 16.1. The van der Waals surface area contributed by atoms with E-state index in [0.29, 0.717) is 10.6 Å². The molecule has 1 heterocycles. The van der Waals surface area contributed by atoms with Crippen LogP contribution in [0.5, 0.6) is 0 Å². The van der Waals surface area contributed by atoms with Crippen LogP contribution >= 0.6 is 11.6 Å². The van der Waals surface area contributed by atoms with E-state index in [1.165, 1.54) is 6.07 Å². The molecule has 0 amide bonds. The summed E-state index contributed by atoms with van der Waals surface area (Å²) in [4.78, 5) is 0. The lowest BCUT2D eigenvalue weighted by atomic mass is 10.0. The van der Waals surface area contributed by atoms with E-state index in [2.05, 4.69) is 6.07 Å². The molecule has 0 atom stereocenters. The van der Waals surface area contributed by atoms with Crippen molar-refractivity contribution in [2.45, 2.75) is 13.8 Å². The molecule has 0 aliphatic heterocycles. The summed E-state index contributed by atoms with van der Waals surface area (Å²) in [6.07, 6.45) is 1.72. The third-order valence-corrected chi connectivity index (χ3v) is 4.47. The number of halogens is 2. The summed E-state index contributed by atoms with van der Waals surface area (Å²) in [6, 6.07) is 17.9. The lowest BCUT2D eigenvalue weighted by Crippen LogP contribution is -1.99. The predicted octanol–water partition coefficient (Wildman–Crippen LogP) is 5.95. The molecule has 0 radical (unpaired) electrons. The Morgan fingerprint density at radius 2 is 1.80 bits per heavy atom. The van der Waals surface area contributed by atoms with Crippen LogP contribution in [-0.2, 0) is 0 Å². The van der Waals surface area contributed by atoms with Crippen molar-refractivity contribution in [1.29, 1.82) is 5.26 Å². The molecule has 0 unspecified atom stereocenters. The minimum Gasteiger partial charge on any atom is -0.316 e. The minimum absolute atomic E-state index is 0.289. The molecule has 0 saturated carbocycles. The van der Waals surface area contributed by atoms with Crippen molar-refractivity contribution in [3.05, 3.63) is 88.0 Å². The van der Waals surface area contributed by atoms with Gasteiger partial charge in [0.2, 0.25) is 0 Å². The molecule has 2 nitrogen and oxygen atoms in total. The van der Waals surface area contributed by atoms with E-state index in [4.69, 9.17) is 11.6 Å². The molecule has 0 aliphatic carbocycles. The lowest BCUT2D eigenvalue weighted by Gasteiger charge is -2.11. The molecule has 3 aromatic rings. The Labute approximate surface area is 151 Å². The maximum absolute atomic E-state index is 14.0. The average molecular weight is 351 g/mol. The first-order valence-electron chi connectivity index (χ1n) is 7.83. The number of para-hydroxylation sites is 1. The van der Waals surface area contributed by atoms with Crippen LogP contribution in [0.15, 0.2) is 54.6 Å². The number of benzene rings is 2. The van der Waals surface area contributed by atoms with E-state index in [9.17, 15) is 9.65 Å². The molecule has 0 fully saturated rings. The van der Waals surface area contributed by atoms with Crippen molar-refractivity contribution >= 4 is 23.3 Å². The fourth-order valence-electron chi connectivity index (χ4n) is 2.94. The maximum atomic E-state index is 14.0. The molecule has 25 heavy (non-hydrogen) atoms. The summed E-state index contributed by atoms with van der Waals surface area (Å²) in [7, 11) is 0. The number of nitriles is 1. The van der Waals surface area contributed by atoms with E-state index in [1.54, 1.807) is 24.3 Å². The molecule has 0 bridgehead atoms. The van der Waals surface area contributed by atoms with Crippen molar-refractivity contribution in [2.75, 3.05) is 0 Å².